The number of carbonyl (C=O) groups is 1. The molecule has 0 unspecified atom stereocenters. The molecule has 0 radical (unpaired) electrons. The summed E-state index contributed by atoms with van der Waals surface area (Å²) in [4.78, 5) is 25.7. The van der Waals surface area contributed by atoms with E-state index < -0.39 is 18.6 Å². The van der Waals surface area contributed by atoms with Gasteiger partial charge in [-0.2, -0.15) is 18.2 Å². The highest BCUT2D eigenvalue weighted by Gasteiger charge is 2.29. The molecule has 188 valence electrons. The fraction of sp³-hybridized carbons (Fsp3) is 0.360. The SMILES string of the molecule is O=C(NCC(F)(F)F)c1cnc(Nc2ccc3c(c2)CNCC3)nc1Nc1ccnc(C2CCC2)c1. The average molecular weight is 498 g/mol. The van der Waals surface area contributed by atoms with Crippen molar-refractivity contribution in [2.75, 3.05) is 23.7 Å². The Morgan fingerprint density at radius 3 is 2.67 bits per heavy atom. The van der Waals surface area contributed by atoms with E-state index in [4.69, 9.17) is 0 Å². The molecule has 0 bridgehead atoms. The molecular weight excluding hydrogens is 471 g/mol. The molecule has 1 aliphatic heterocycles. The van der Waals surface area contributed by atoms with Crippen molar-refractivity contribution in [1.29, 1.82) is 0 Å². The summed E-state index contributed by atoms with van der Waals surface area (Å²) in [6.45, 7) is 0.255. The number of hydrogen-bond donors (Lipinski definition) is 4. The van der Waals surface area contributed by atoms with E-state index in [1.807, 2.05) is 23.5 Å². The molecule has 1 saturated carbocycles. The van der Waals surface area contributed by atoms with E-state index in [9.17, 15) is 18.0 Å². The minimum Gasteiger partial charge on any atom is -0.343 e. The number of benzene rings is 1. The molecule has 0 atom stereocenters. The number of amides is 1. The first kappa shape index (κ1) is 24.0. The number of hydrogen-bond acceptors (Lipinski definition) is 7. The minimum atomic E-state index is -4.53. The van der Waals surface area contributed by atoms with Crippen LogP contribution in [0, 0.1) is 0 Å². The number of nitrogens with one attached hydrogen (secondary N) is 4. The molecule has 1 aliphatic carbocycles. The Morgan fingerprint density at radius 1 is 1.06 bits per heavy atom. The van der Waals surface area contributed by atoms with Gasteiger partial charge in [-0.15, -0.1) is 0 Å². The van der Waals surface area contributed by atoms with Crippen LogP contribution in [0.15, 0.2) is 42.7 Å². The third-order valence-corrected chi connectivity index (χ3v) is 6.40. The van der Waals surface area contributed by atoms with Crippen molar-refractivity contribution in [2.45, 2.75) is 44.3 Å². The first-order chi connectivity index (χ1) is 17.3. The number of nitrogens with zero attached hydrogens (tertiary/aromatic N) is 3. The van der Waals surface area contributed by atoms with E-state index in [0.717, 1.165) is 50.2 Å². The summed E-state index contributed by atoms with van der Waals surface area (Å²) in [6, 6.07) is 9.60. The van der Waals surface area contributed by atoms with Crippen LogP contribution in [-0.4, -0.2) is 40.1 Å². The Labute approximate surface area is 206 Å². The number of rotatable bonds is 7. The molecule has 0 saturated heterocycles. The van der Waals surface area contributed by atoms with Crippen molar-refractivity contribution in [3.8, 4) is 0 Å². The van der Waals surface area contributed by atoms with E-state index in [1.165, 1.54) is 17.3 Å². The van der Waals surface area contributed by atoms with Gasteiger partial charge in [-0.05, 0) is 61.2 Å². The Bertz CT molecular complexity index is 1260. The van der Waals surface area contributed by atoms with Gasteiger partial charge >= 0.3 is 6.18 Å². The van der Waals surface area contributed by atoms with Gasteiger partial charge in [-0.1, -0.05) is 12.5 Å². The van der Waals surface area contributed by atoms with Crippen molar-refractivity contribution in [3.63, 3.8) is 0 Å². The summed E-state index contributed by atoms with van der Waals surface area (Å²) in [5.41, 5.74) is 4.70. The van der Waals surface area contributed by atoms with Gasteiger partial charge in [-0.25, -0.2) is 4.98 Å². The quantitative estimate of drug-likeness (QED) is 0.379. The van der Waals surface area contributed by atoms with Crippen LogP contribution in [0.3, 0.4) is 0 Å². The molecule has 36 heavy (non-hydrogen) atoms. The third-order valence-electron chi connectivity index (χ3n) is 6.40. The lowest BCUT2D eigenvalue weighted by Crippen LogP contribution is -2.34. The molecule has 2 aromatic heterocycles. The summed E-state index contributed by atoms with van der Waals surface area (Å²) in [7, 11) is 0. The molecule has 8 nitrogen and oxygen atoms in total. The normalized spacial score (nSPS) is 15.5. The maximum atomic E-state index is 12.7. The molecule has 1 aromatic carbocycles. The van der Waals surface area contributed by atoms with Gasteiger partial charge in [0.25, 0.3) is 5.91 Å². The molecule has 2 aliphatic rings. The largest absolute Gasteiger partial charge is 0.405 e. The van der Waals surface area contributed by atoms with Crippen LogP contribution in [0.25, 0.3) is 0 Å². The summed E-state index contributed by atoms with van der Waals surface area (Å²) < 4.78 is 38.0. The van der Waals surface area contributed by atoms with Crippen LogP contribution in [0.2, 0.25) is 0 Å². The zero-order valence-corrected chi connectivity index (χ0v) is 19.5. The first-order valence-corrected chi connectivity index (χ1v) is 11.9. The lowest BCUT2D eigenvalue weighted by atomic mass is 9.82. The average Bonchev–Trinajstić information content (AvgIpc) is 2.81. The van der Waals surface area contributed by atoms with Crippen LogP contribution >= 0.6 is 0 Å². The number of carbonyl (C=O) groups excluding carboxylic acids is 1. The smallest absolute Gasteiger partial charge is 0.343 e. The van der Waals surface area contributed by atoms with E-state index in [1.54, 1.807) is 12.3 Å². The number of halogens is 3. The Morgan fingerprint density at radius 2 is 1.89 bits per heavy atom. The van der Waals surface area contributed by atoms with Crippen molar-refractivity contribution in [1.82, 2.24) is 25.6 Å². The van der Waals surface area contributed by atoms with E-state index in [2.05, 4.69) is 37.0 Å². The fourth-order valence-corrected chi connectivity index (χ4v) is 4.26. The van der Waals surface area contributed by atoms with Crippen LogP contribution in [0.1, 0.15) is 52.4 Å². The third kappa shape index (κ3) is 5.73. The topological polar surface area (TPSA) is 104 Å². The van der Waals surface area contributed by atoms with Gasteiger partial charge in [-0.3, -0.25) is 9.78 Å². The molecule has 1 fully saturated rings. The lowest BCUT2D eigenvalue weighted by molar-refractivity contribution is -0.123. The molecule has 3 heterocycles. The van der Waals surface area contributed by atoms with Gasteiger partial charge in [0, 0.05) is 41.9 Å². The van der Waals surface area contributed by atoms with E-state index >= 15 is 0 Å². The van der Waals surface area contributed by atoms with E-state index in [0.29, 0.717) is 11.6 Å². The molecule has 0 spiro atoms. The lowest BCUT2D eigenvalue weighted by Gasteiger charge is -2.25. The highest BCUT2D eigenvalue weighted by molar-refractivity contribution is 5.99. The molecule has 4 N–H and O–H groups in total. The number of pyridine rings is 1. The second kappa shape index (κ2) is 10.1. The second-order valence-electron chi connectivity index (χ2n) is 9.01. The van der Waals surface area contributed by atoms with Gasteiger partial charge in [0.05, 0.1) is 0 Å². The maximum Gasteiger partial charge on any atom is 0.405 e. The molecule has 5 rings (SSSR count). The van der Waals surface area contributed by atoms with Crippen LogP contribution in [0.5, 0.6) is 0 Å². The summed E-state index contributed by atoms with van der Waals surface area (Å²) >= 11 is 0. The van der Waals surface area contributed by atoms with Crippen molar-refractivity contribution in [2.24, 2.45) is 0 Å². The maximum absolute atomic E-state index is 12.7. The summed E-state index contributed by atoms with van der Waals surface area (Å²) in [6.07, 6.45) is 2.61. The van der Waals surface area contributed by atoms with Crippen LogP contribution in [-0.2, 0) is 13.0 Å². The summed E-state index contributed by atoms with van der Waals surface area (Å²) in [5, 5.41) is 11.4. The Kier molecular flexibility index (Phi) is 6.73. The predicted molar refractivity (Wildman–Crippen MR) is 130 cm³/mol. The summed E-state index contributed by atoms with van der Waals surface area (Å²) in [5.74, 6) is -0.226. The molecule has 1 amide bonds. The Hall–Kier alpha value is -3.73. The zero-order chi connectivity index (χ0) is 25.1. The van der Waals surface area contributed by atoms with Crippen molar-refractivity contribution >= 4 is 29.0 Å². The molecule has 11 heteroatoms. The van der Waals surface area contributed by atoms with Crippen LogP contribution < -0.4 is 21.3 Å². The monoisotopic (exact) mass is 497 g/mol. The highest BCUT2D eigenvalue weighted by Crippen LogP contribution is 2.36. The van der Waals surface area contributed by atoms with Crippen molar-refractivity contribution in [3.05, 3.63) is 65.1 Å². The number of fused-ring (bicyclic) bond motifs is 1. The molecule has 3 aromatic rings. The Balaban J connectivity index is 1.41. The predicted octanol–water partition coefficient (Wildman–Crippen LogP) is 4.56. The van der Waals surface area contributed by atoms with Gasteiger partial charge in [0.15, 0.2) is 0 Å². The van der Waals surface area contributed by atoms with E-state index in [-0.39, 0.29) is 17.3 Å². The fourth-order valence-electron chi connectivity index (χ4n) is 4.26. The number of alkyl halides is 3. The van der Waals surface area contributed by atoms with Gasteiger partial charge < -0.3 is 21.3 Å². The first-order valence-electron chi connectivity index (χ1n) is 11.9. The standard InChI is InChI=1S/C25H26F3N7O/c26-25(27,28)14-32-23(36)20-13-31-24(34-18-5-4-15-6-8-29-12-17(15)10-18)35-22(20)33-19-7-9-30-21(11-19)16-2-1-3-16/h4-5,7,9-11,13,16,29H,1-3,6,8,12,14H2,(H,32,36)(H2,30,31,33,34,35). The minimum absolute atomic E-state index is 0.0950. The van der Waals surface area contributed by atoms with Gasteiger partial charge in [0.1, 0.15) is 17.9 Å². The number of aromatic nitrogens is 3. The molecular formula is C25H26F3N7O. The second-order valence-corrected chi connectivity index (χ2v) is 9.01. The van der Waals surface area contributed by atoms with Crippen LogP contribution in [0.4, 0.5) is 36.3 Å². The van der Waals surface area contributed by atoms with Gasteiger partial charge in [0.2, 0.25) is 5.95 Å². The highest BCUT2D eigenvalue weighted by atomic mass is 19.4. The van der Waals surface area contributed by atoms with Crippen molar-refractivity contribution < 1.29 is 18.0 Å². The zero-order valence-electron chi connectivity index (χ0n) is 19.5. The number of anilines is 4.